The van der Waals surface area contributed by atoms with Gasteiger partial charge >= 0.3 is 0 Å². The van der Waals surface area contributed by atoms with E-state index in [0.717, 1.165) is 0 Å². The molecular weight excluding hydrogens is 254 g/mol. The molecule has 0 bridgehead atoms. The molecule has 1 aromatic heterocycles. The number of anilines is 2. The van der Waals surface area contributed by atoms with Gasteiger partial charge in [0.15, 0.2) is 0 Å². The molecule has 3 N–H and O–H groups in total. The first-order valence-electron chi connectivity index (χ1n) is 5.59. The monoisotopic (exact) mass is 273 g/mol. The van der Waals surface area contributed by atoms with Gasteiger partial charge in [0.2, 0.25) is 0 Å². The molecule has 0 aliphatic heterocycles. The Labute approximate surface area is 107 Å². The van der Waals surface area contributed by atoms with Crippen LogP contribution in [0.15, 0.2) is 6.07 Å². The summed E-state index contributed by atoms with van der Waals surface area (Å²) < 4.78 is 22.2. The van der Waals surface area contributed by atoms with E-state index in [1.165, 1.54) is 6.26 Å². The Bertz CT molecular complexity index is 481. The minimum absolute atomic E-state index is 0.0837. The molecule has 0 unspecified atom stereocenters. The van der Waals surface area contributed by atoms with Crippen LogP contribution in [-0.2, 0) is 16.3 Å². The van der Waals surface area contributed by atoms with Gasteiger partial charge in [0.1, 0.15) is 27.3 Å². The Morgan fingerprint density at radius 2 is 2.11 bits per heavy atom. The number of hydrogen-bond donors (Lipinski definition) is 2. The highest BCUT2D eigenvalue weighted by Crippen LogP contribution is 2.14. The smallest absolute Gasteiger partial charge is 0.149 e. The zero-order chi connectivity index (χ0) is 13.8. The van der Waals surface area contributed by atoms with Crippen LogP contribution in [-0.4, -0.2) is 44.0 Å². The van der Waals surface area contributed by atoms with Crippen LogP contribution in [0.4, 0.5) is 11.6 Å². The number of sulfone groups is 1. The summed E-state index contributed by atoms with van der Waals surface area (Å²) in [4.78, 5) is 10.3. The summed E-state index contributed by atoms with van der Waals surface area (Å²) in [5.41, 5.74) is 2.47. The normalized spacial score (nSPS) is 11.3. The molecule has 0 atom stereocenters. The van der Waals surface area contributed by atoms with Crippen LogP contribution in [0.5, 0.6) is 0 Å². The molecule has 1 aromatic rings. The van der Waals surface area contributed by atoms with Crippen LogP contribution in [0.2, 0.25) is 0 Å². The lowest BCUT2D eigenvalue weighted by atomic mass is 10.4. The van der Waals surface area contributed by atoms with Gasteiger partial charge in [-0.1, -0.05) is 6.92 Å². The van der Waals surface area contributed by atoms with Crippen LogP contribution < -0.4 is 16.2 Å². The van der Waals surface area contributed by atoms with Gasteiger partial charge in [-0.25, -0.2) is 24.2 Å². The Kier molecular flexibility index (Phi) is 4.85. The molecule has 0 saturated carbocycles. The highest BCUT2D eigenvalue weighted by atomic mass is 32.2. The summed E-state index contributed by atoms with van der Waals surface area (Å²) in [6.07, 6.45) is 1.90. The predicted molar refractivity (Wildman–Crippen MR) is 72.2 cm³/mol. The van der Waals surface area contributed by atoms with E-state index >= 15 is 0 Å². The number of nitrogen functional groups attached to an aromatic ring is 1. The van der Waals surface area contributed by atoms with E-state index in [4.69, 9.17) is 5.84 Å². The average Bonchev–Trinajstić information content (AvgIpc) is 2.34. The standard InChI is InChI=1S/C10H19N5O2S/c1-4-8-12-9(14-11)7-10(13-8)15(2)5-6-18(3,16)17/h7H,4-6,11H2,1-3H3,(H,12,13,14). The number of nitrogens with zero attached hydrogens (tertiary/aromatic N) is 3. The van der Waals surface area contributed by atoms with E-state index in [-0.39, 0.29) is 5.75 Å². The number of aryl methyl sites for hydroxylation is 1. The predicted octanol–water partition coefficient (Wildman–Crippen LogP) is -0.195. The third-order valence-corrected chi connectivity index (χ3v) is 3.34. The van der Waals surface area contributed by atoms with Crippen molar-refractivity contribution in [1.29, 1.82) is 0 Å². The summed E-state index contributed by atoms with van der Waals surface area (Å²) in [6, 6.07) is 1.68. The Morgan fingerprint density at radius 1 is 1.44 bits per heavy atom. The van der Waals surface area contributed by atoms with E-state index in [1.54, 1.807) is 18.0 Å². The Balaban J connectivity index is 2.87. The van der Waals surface area contributed by atoms with Crippen LogP contribution >= 0.6 is 0 Å². The van der Waals surface area contributed by atoms with Gasteiger partial charge in [-0.3, -0.25) is 0 Å². The first-order chi connectivity index (χ1) is 8.35. The van der Waals surface area contributed by atoms with Gasteiger partial charge in [-0.2, -0.15) is 0 Å². The molecule has 18 heavy (non-hydrogen) atoms. The van der Waals surface area contributed by atoms with E-state index in [1.807, 2.05) is 6.92 Å². The van der Waals surface area contributed by atoms with Crippen molar-refractivity contribution >= 4 is 21.5 Å². The second-order valence-corrected chi connectivity index (χ2v) is 6.34. The fourth-order valence-corrected chi connectivity index (χ4v) is 1.93. The zero-order valence-corrected chi connectivity index (χ0v) is 11.7. The Morgan fingerprint density at radius 3 is 2.61 bits per heavy atom. The van der Waals surface area contributed by atoms with Crippen molar-refractivity contribution in [2.45, 2.75) is 13.3 Å². The topological polar surface area (TPSA) is 101 Å². The maximum absolute atomic E-state index is 11.1. The fourth-order valence-electron chi connectivity index (χ4n) is 1.33. The quantitative estimate of drug-likeness (QED) is 0.547. The molecule has 0 aliphatic rings. The van der Waals surface area contributed by atoms with Crippen molar-refractivity contribution in [3.05, 3.63) is 11.9 Å². The van der Waals surface area contributed by atoms with Gasteiger partial charge in [-0.05, 0) is 0 Å². The largest absolute Gasteiger partial charge is 0.358 e. The maximum Gasteiger partial charge on any atom is 0.149 e. The number of rotatable bonds is 6. The van der Waals surface area contributed by atoms with E-state index < -0.39 is 9.84 Å². The lowest BCUT2D eigenvalue weighted by molar-refractivity contribution is 0.601. The SMILES string of the molecule is CCc1nc(NN)cc(N(C)CCS(C)(=O)=O)n1. The molecule has 0 spiro atoms. The van der Waals surface area contributed by atoms with Crippen LogP contribution in [0.1, 0.15) is 12.7 Å². The molecular formula is C10H19N5O2S. The highest BCUT2D eigenvalue weighted by molar-refractivity contribution is 7.90. The summed E-state index contributed by atoms with van der Waals surface area (Å²) in [5, 5.41) is 0. The molecule has 1 heterocycles. The molecule has 0 aromatic carbocycles. The zero-order valence-electron chi connectivity index (χ0n) is 10.8. The molecule has 102 valence electrons. The van der Waals surface area contributed by atoms with Gasteiger partial charge in [0, 0.05) is 32.3 Å². The summed E-state index contributed by atoms with van der Waals surface area (Å²) in [7, 11) is -1.20. The first kappa shape index (κ1) is 14.7. The van der Waals surface area contributed by atoms with Crippen molar-refractivity contribution in [3.8, 4) is 0 Å². The van der Waals surface area contributed by atoms with Gasteiger partial charge in [0.05, 0.1) is 5.75 Å². The number of hydrazine groups is 1. The van der Waals surface area contributed by atoms with Crippen LogP contribution in [0, 0.1) is 0 Å². The number of hydrogen-bond acceptors (Lipinski definition) is 7. The number of nitrogens with two attached hydrogens (primary N) is 1. The summed E-state index contributed by atoms with van der Waals surface area (Å²) >= 11 is 0. The van der Waals surface area contributed by atoms with Crippen molar-refractivity contribution in [2.75, 3.05) is 35.9 Å². The molecule has 0 fully saturated rings. The van der Waals surface area contributed by atoms with Crippen molar-refractivity contribution in [3.63, 3.8) is 0 Å². The van der Waals surface area contributed by atoms with Crippen molar-refractivity contribution < 1.29 is 8.42 Å². The second kappa shape index (κ2) is 5.96. The van der Waals surface area contributed by atoms with Gasteiger partial charge in [-0.15, -0.1) is 0 Å². The molecule has 0 aliphatic carbocycles. The number of nitrogens with one attached hydrogen (secondary N) is 1. The maximum atomic E-state index is 11.1. The minimum Gasteiger partial charge on any atom is -0.358 e. The molecule has 7 nitrogen and oxygen atoms in total. The van der Waals surface area contributed by atoms with Crippen LogP contribution in [0.25, 0.3) is 0 Å². The number of aromatic nitrogens is 2. The fraction of sp³-hybridized carbons (Fsp3) is 0.600. The average molecular weight is 273 g/mol. The highest BCUT2D eigenvalue weighted by Gasteiger charge is 2.10. The second-order valence-electron chi connectivity index (χ2n) is 4.08. The van der Waals surface area contributed by atoms with E-state index in [0.29, 0.717) is 30.4 Å². The third kappa shape index (κ3) is 4.46. The lowest BCUT2D eigenvalue weighted by Gasteiger charge is -2.18. The summed E-state index contributed by atoms with van der Waals surface area (Å²) in [5.74, 6) is 7.24. The molecule has 8 heteroatoms. The molecule has 0 saturated heterocycles. The van der Waals surface area contributed by atoms with E-state index in [2.05, 4.69) is 15.4 Å². The van der Waals surface area contributed by atoms with Crippen molar-refractivity contribution in [2.24, 2.45) is 5.84 Å². The Hall–Kier alpha value is -1.41. The van der Waals surface area contributed by atoms with Crippen LogP contribution in [0.3, 0.4) is 0 Å². The van der Waals surface area contributed by atoms with Crippen molar-refractivity contribution in [1.82, 2.24) is 9.97 Å². The first-order valence-corrected chi connectivity index (χ1v) is 7.65. The minimum atomic E-state index is -2.98. The molecule has 0 radical (unpaired) electrons. The van der Waals surface area contributed by atoms with Gasteiger partial charge in [0.25, 0.3) is 0 Å². The summed E-state index contributed by atoms with van der Waals surface area (Å²) in [6.45, 7) is 2.32. The lowest BCUT2D eigenvalue weighted by Crippen LogP contribution is -2.26. The van der Waals surface area contributed by atoms with Gasteiger partial charge < -0.3 is 10.3 Å². The molecule has 0 amide bonds. The third-order valence-electron chi connectivity index (χ3n) is 2.41. The van der Waals surface area contributed by atoms with E-state index in [9.17, 15) is 8.42 Å². The molecule has 1 rings (SSSR count).